The molecule has 3 rings (SSSR count). The van der Waals surface area contributed by atoms with Gasteiger partial charge in [0.1, 0.15) is 5.82 Å². The maximum Gasteiger partial charge on any atom is 0.243 e. The highest BCUT2D eigenvalue weighted by Gasteiger charge is 2.22. The van der Waals surface area contributed by atoms with Crippen LogP contribution in [-0.4, -0.2) is 42.5 Å². The average molecular weight is 462 g/mol. The van der Waals surface area contributed by atoms with Crippen LogP contribution in [0.1, 0.15) is 19.4 Å². The minimum absolute atomic E-state index is 0.114. The predicted octanol–water partition coefficient (Wildman–Crippen LogP) is 4.44. The third kappa shape index (κ3) is 5.41. The number of hydrogen-bond acceptors (Lipinski definition) is 5. The Morgan fingerprint density at radius 1 is 1.13 bits per heavy atom. The minimum Gasteiger partial charge on any atom is -0.325 e. The number of aromatic nitrogens is 1. The molecule has 0 aliphatic carbocycles. The number of thioether (sulfide) groups is 1. The monoisotopic (exact) mass is 461 g/mol. The Morgan fingerprint density at radius 3 is 2.55 bits per heavy atom. The molecule has 0 aliphatic rings. The van der Waals surface area contributed by atoms with Crippen LogP contribution in [0.25, 0.3) is 10.9 Å². The number of nitrogens with one attached hydrogen (secondary N) is 1. The van der Waals surface area contributed by atoms with Crippen LogP contribution in [-0.2, 0) is 14.8 Å². The first-order valence-corrected chi connectivity index (χ1v) is 12.3. The van der Waals surface area contributed by atoms with Crippen molar-refractivity contribution in [1.82, 2.24) is 9.29 Å². The second kappa shape index (κ2) is 9.76. The molecule has 31 heavy (non-hydrogen) atoms. The van der Waals surface area contributed by atoms with E-state index in [1.54, 1.807) is 24.3 Å². The SMILES string of the molecule is CCN(CC)S(=O)(=O)c1ccc2nc(SCC(=O)Nc3cccc(F)c3)cc(C)c2c1. The van der Waals surface area contributed by atoms with Crippen molar-refractivity contribution in [2.75, 3.05) is 24.2 Å². The van der Waals surface area contributed by atoms with Crippen LogP contribution in [0.3, 0.4) is 0 Å². The van der Waals surface area contributed by atoms with E-state index in [1.807, 2.05) is 26.8 Å². The molecule has 1 heterocycles. The number of hydrogen-bond donors (Lipinski definition) is 1. The Bertz CT molecular complexity index is 1210. The number of sulfonamides is 1. The first-order chi connectivity index (χ1) is 14.7. The average Bonchev–Trinajstić information content (AvgIpc) is 2.73. The zero-order chi connectivity index (χ0) is 22.6. The highest BCUT2D eigenvalue weighted by Crippen LogP contribution is 2.27. The first kappa shape index (κ1) is 23.2. The fraction of sp³-hybridized carbons (Fsp3) is 0.273. The second-order valence-electron chi connectivity index (χ2n) is 6.89. The topological polar surface area (TPSA) is 79.4 Å². The van der Waals surface area contributed by atoms with Crippen molar-refractivity contribution >= 4 is 44.3 Å². The molecule has 0 saturated heterocycles. The van der Waals surface area contributed by atoms with Crippen molar-refractivity contribution in [3.05, 3.63) is 59.9 Å². The number of nitrogens with zero attached hydrogens (tertiary/aromatic N) is 2. The molecule has 1 aromatic heterocycles. The normalized spacial score (nSPS) is 11.8. The number of aryl methyl sites for hydroxylation is 1. The summed E-state index contributed by atoms with van der Waals surface area (Å²) in [4.78, 5) is 17.0. The van der Waals surface area contributed by atoms with Gasteiger partial charge in [0.05, 0.1) is 21.2 Å². The summed E-state index contributed by atoms with van der Waals surface area (Å²) in [6.45, 7) is 6.31. The number of carbonyl (C=O) groups is 1. The van der Waals surface area contributed by atoms with Gasteiger partial charge in [0, 0.05) is 24.2 Å². The molecule has 0 atom stereocenters. The fourth-order valence-corrected chi connectivity index (χ4v) is 5.45. The van der Waals surface area contributed by atoms with Gasteiger partial charge in [-0.2, -0.15) is 4.31 Å². The lowest BCUT2D eigenvalue weighted by Crippen LogP contribution is -2.30. The summed E-state index contributed by atoms with van der Waals surface area (Å²) in [7, 11) is -3.55. The van der Waals surface area contributed by atoms with E-state index in [-0.39, 0.29) is 16.6 Å². The van der Waals surface area contributed by atoms with Gasteiger partial charge in [-0.3, -0.25) is 4.79 Å². The van der Waals surface area contributed by atoms with Gasteiger partial charge in [0.2, 0.25) is 15.9 Å². The highest BCUT2D eigenvalue weighted by molar-refractivity contribution is 7.99. The molecule has 1 N–H and O–H groups in total. The van der Waals surface area contributed by atoms with Crippen LogP contribution in [0.5, 0.6) is 0 Å². The van der Waals surface area contributed by atoms with Gasteiger partial charge in [0.15, 0.2) is 0 Å². The van der Waals surface area contributed by atoms with Gasteiger partial charge in [-0.05, 0) is 55.0 Å². The van der Waals surface area contributed by atoms with E-state index >= 15 is 0 Å². The van der Waals surface area contributed by atoms with Crippen LogP contribution in [0.4, 0.5) is 10.1 Å². The zero-order valence-electron chi connectivity index (χ0n) is 17.6. The van der Waals surface area contributed by atoms with E-state index in [2.05, 4.69) is 10.3 Å². The molecule has 3 aromatic rings. The van der Waals surface area contributed by atoms with E-state index in [4.69, 9.17) is 0 Å². The third-order valence-corrected chi connectivity index (χ3v) is 7.72. The molecule has 9 heteroatoms. The molecule has 0 radical (unpaired) electrons. The van der Waals surface area contributed by atoms with Gasteiger partial charge < -0.3 is 5.32 Å². The Morgan fingerprint density at radius 2 is 1.87 bits per heavy atom. The molecule has 0 unspecified atom stereocenters. The van der Waals surface area contributed by atoms with Gasteiger partial charge >= 0.3 is 0 Å². The number of halogens is 1. The molecule has 6 nitrogen and oxygen atoms in total. The van der Waals surface area contributed by atoms with Crippen molar-refractivity contribution < 1.29 is 17.6 Å². The molecule has 0 saturated carbocycles. The van der Waals surface area contributed by atoms with Gasteiger partial charge in [-0.15, -0.1) is 0 Å². The Kier molecular flexibility index (Phi) is 7.30. The maximum absolute atomic E-state index is 13.2. The molecule has 2 aromatic carbocycles. The van der Waals surface area contributed by atoms with Crippen LogP contribution in [0.15, 0.2) is 58.5 Å². The molecule has 164 valence electrons. The summed E-state index contributed by atoms with van der Waals surface area (Å²) in [6.07, 6.45) is 0. The molecular formula is C22H24FN3O3S2. The summed E-state index contributed by atoms with van der Waals surface area (Å²) in [5.41, 5.74) is 1.93. The fourth-order valence-electron chi connectivity index (χ4n) is 3.19. The molecule has 0 spiro atoms. The standard InChI is InChI=1S/C22H24FN3O3S2/c1-4-26(5-2)31(28,29)18-9-10-20-19(13-18)15(3)11-22(25-20)30-14-21(27)24-17-8-6-7-16(23)12-17/h6-13H,4-5,14H2,1-3H3,(H,24,27). The number of pyridine rings is 1. The number of anilines is 1. The van der Waals surface area contributed by atoms with E-state index in [0.717, 1.165) is 10.9 Å². The Labute approximate surface area is 185 Å². The van der Waals surface area contributed by atoms with Crippen molar-refractivity contribution in [1.29, 1.82) is 0 Å². The van der Waals surface area contributed by atoms with Crippen LogP contribution < -0.4 is 5.32 Å². The lowest BCUT2D eigenvalue weighted by Gasteiger charge is -2.19. The van der Waals surface area contributed by atoms with E-state index in [0.29, 0.717) is 29.3 Å². The predicted molar refractivity (Wildman–Crippen MR) is 122 cm³/mol. The molecule has 0 bridgehead atoms. The van der Waals surface area contributed by atoms with E-state index in [1.165, 1.54) is 34.3 Å². The second-order valence-corrected chi connectivity index (χ2v) is 9.83. The molecular weight excluding hydrogens is 437 g/mol. The lowest BCUT2D eigenvalue weighted by molar-refractivity contribution is -0.113. The molecule has 0 fully saturated rings. The van der Waals surface area contributed by atoms with Crippen LogP contribution in [0.2, 0.25) is 0 Å². The summed E-state index contributed by atoms with van der Waals surface area (Å²) < 4.78 is 40.3. The zero-order valence-corrected chi connectivity index (χ0v) is 19.2. The Hall–Kier alpha value is -2.49. The largest absolute Gasteiger partial charge is 0.325 e. The van der Waals surface area contributed by atoms with Gasteiger partial charge in [-0.1, -0.05) is 31.7 Å². The van der Waals surface area contributed by atoms with E-state index < -0.39 is 15.8 Å². The quantitative estimate of drug-likeness (QED) is 0.502. The van der Waals surface area contributed by atoms with Crippen LogP contribution >= 0.6 is 11.8 Å². The van der Waals surface area contributed by atoms with Crippen molar-refractivity contribution in [2.24, 2.45) is 0 Å². The van der Waals surface area contributed by atoms with Gasteiger partial charge in [0.25, 0.3) is 0 Å². The van der Waals surface area contributed by atoms with Crippen molar-refractivity contribution in [3.63, 3.8) is 0 Å². The number of benzene rings is 2. The lowest BCUT2D eigenvalue weighted by atomic mass is 10.1. The minimum atomic E-state index is -3.55. The first-order valence-electron chi connectivity index (χ1n) is 9.84. The number of amides is 1. The summed E-state index contributed by atoms with van der Waals surface area (Å²) in [6, 6.07) is 12.4. The molecule has 0 aliphatic heterocycles. The number of fused-ring (bicyclic) bond motifs is 1. The van der Waals surface area contributed by atoms with Crippen molar-refractivity contribution in [3.8, 4) is 0 Å². The summed E-state index contributed by atoms with van der Waals surface area (Å²) in [5.74, 6) is -0.571. The Balaban J connectivity index is 1.77. The summed E-state index contributed by atoms with van der Waals surface area (Å²) >= 11 is 1.26. The van der Waals surface area contributed by atoms with Crippen LogP contribution in [0, 0.1) is 12.7 Å². The third-order valence-electron chi connectivity index (χ3n) is 4.77. The smallest absolute Gasteiger partial charge is 0.243 e. The highest BCUT2D eigenvalue weighted by atomic mass is 32.2. The van der Waals surface area contributed by atoms with Crippen molar-refractivity contribution in [2.45, 2.75) is 30.7 Å². The van der Waals surface area contributed by atoms with Gasteiger partial charge in [-0.25, -0.2) is 17.8 Å². The number of rotatable bonds is 8. The number of carbonyl (C=O) groups excluding carboxylic acids is 1. The molecule has 1 amide bonds. The summed E-state index contributed by atoms with van der Waals surface area (Å²) in [5, 5.41) is 4.05. The van der Waals surface area contributed by atoms with E-state index in [9.17, 15) is 17.6 Å². The maximum atomic E-state index is 13.2.